The first-order valence-corrected chi connectivity index (χ1v) is 17.3. The molecule has 2 aliphatic rings. The number of nitrogens with zero attached hydrogens (tertiary/aromatic N) is 4. The summed E-state index contributed by atoms with van der Waals surface area (Å²) >= 11 is 0. The van der Waals surface area contributed by atoms with Gasteiger partial charge in [0.25, 0.3) is 0 Å². The first-order valence-electron chi connectivity index (χ1n) is 17.3. The first-order chi connectivity index (χ1) is 24.3. The molecule has 0 spiro atoms. The Balaban J connectivity index is 1.22. The minimum Gasteiger partial charge on any atom is -0.310 e. The molecular weight excluding hydrogens is 609 g/mol. The Labute approximate surface area is 294 Å². The third-order valence-electron chi connectivity index (χ3n) is 10.7. The second-order valence-corrected chi connectivity index (χ2v) is 14.4. The van der Waals surface area contributed by atoms with E-state index in [1.807, 2.05) is 30.5 Å². The highest BCUT2D eigenvalue weighted by Gasteiger charge is 2.42. The topological polar surface area (TPSA) is 32.3 Å². The van der Waals surface area contributed by atoms with Gasteiger partial charge in [-0.3, -0.25) is 0 Å². The minimum absolute atomic E-state index is 0.218. The van der Waals surface area contributed by atoms with Crippen LogP contribution in [0, 0.1) is 0 Å². The zero-order valence-electron chi connectivity index (χ0n) is 28.8. The van der Waals surface area contributed by atoms with Gasteiger partial charge in [0.15, 0.2) is 5.82 Å². The van der Waals surface area contributed by atoms with Crippen LogP contribution in [-0.4, -0.2) is 9.97 Å². The van der Waals surface area contributed by atoms with Gasteiger partial charge in [-0.2, -0.15) is 0 Å². The molecular formula is C46H38N4. The number of fused-ring (bicyclic) bond motifs is 4. The average Bonchev–Trinajstić information content (AvgIpc) is 3.16. The molecule has 1 aromatic heterocycles. The molecule has 0 atom stereocenters. The number of aromatic nitrogens is 2. The van der Waals surface area contributed by atoms with Crippen molar-refractivity contribution in [3.8, 4) is 22.6 Å². The van der Waals surface area contributed by atoms with Crippen molar-refractivity contribution in [1.29, 1.82) is 0 Å². The van der Waals surface area contributed by atoms with Crippen molar-refractivity contribution in [3.63, 3.8) is 0 Å². The van der Waals surface area contributed by atoms with Crippen molar-refractivity contribution in [2.75, 3.05) is 9.80 Å². The van der Waals surface area contributed by atoms with Gasteiger partial charge >= 0.3 is 0 Å². The van der Waals surface area contributed by atoms with E-state index in [2.05, 4.69) is 170 Å². The van der Waals surface area contributed by atoms with Gasteiger partial charge < -0.3 is 9.80 Å². The number of anilines is 6. The number of para-hydroxylation sites is 3. The molecule has 0 radical (unpaired) electrons. The highest BCUT2D eigenvalue weighted by Crippen LogP contribution is 2.58. The maximum atomic E-state index is 4.93. The molecule has 0 bridgehead atoms. The Bertz CT molecular complexity index is 2380. The van der Waals surface area contributed by atoms with Gasteiger partial charge in [-0.05, 0) is 89.0 Å². The van der Waals surface area contributed by atoms with E-state index < -0.39 is 0 Å². The van der Waals surface area contributed by atoms with E-state index >= 15 is 0 Å². The van der Waals surface area contributed by atoms with Crippen molar-refractivity contribution >= 4 is 34.1 Å². The van der Waals surface area contributed by atoms with Crippen LogP contribution in [0.2, 0.25) is 0 Å². The molecule has 0 fully saturated rings. The molecule has 0 saturated carbocycles. The largest absolute Gasteiger partial charge is 0.310 e. The second-order valence-electron chi connectivity index (χ2n) is 14.4. The molecule has 0 unspecified atom stereocenters. The summed E-state index contributed by atoms with van der Waals surface area (Å²) in [6.45, 7) is 9.46. The molecule has 0 aliphatic carbocycles. The predicted octanol–water partition coefficient (Wildman–Crippen LogP) is 12.0. The van der Waals surface area contributed by atoms with Gasteiger partial charge in [-0.25, -0.2) is 9.97 Å². The lowest BCUT2D eigenvalue weighted by Gasteiger charge is -2.47. The molecule has 7 aromatic rings. The highest BCUT2D eigenvalue weighted by molar-refractivity contribution is 5.93. The molecule has 0 amide bonds. The molecule has 0 N–H and O–H groups in total. The molecule has 6 aromatic carbocycles. The summed E-state index contributed by atoms with van der Waals surface area (Å²) in [6.07, 6.45) is 1.85. The Hall–Kier alpha value is -6.00. The number of benzene rings is 6. The van der Waals surface area contributed by atoms with Crippen molar-refractivity contribution in [1.82, 2.24) is 9.97 Å². The molecule has 242 valence electrons. The van der Waals surface area contributed by atoms with E-state index in [1.165, 1.54) is 45.0 Å². The Morgan fingerprint density at radius 2 is 0.900 bits per heavy atom. The third-order valence-corrected chi connectivity index (χ3v) is 10.7. The fourth-order valence-electron chi connectivity index (χ4n) is 8.05. The highest BCUT2D eigenvalue weighted by atomic mass is 15.2. The maximum Gasteiger partial charge on any atom is 0.159 e. The zero-order valence-corrected chi connectivity index (χ0v) is 28.8. The quantitative estimate of drug-likeness (QED) is 0.190. The average molecular weight is 647 g/mol. The van der Waals surface area contributed by atoms with E-state index in [0.29, 0.717) is 5.82 Å². The SMILES string of the molecule is CC1(C)c2ccccc2N(c2ccccc2)c2cc3c(cc21)N(c1ccc(-c2nccc(-c4ccccc4)n2)cc1)c1ccccc1C3(C)C. The summed E-state index contributed by atoms with van der Waals surface area (Å²) in [7, 11) is 0. The van der Waals surface area contributed by atoms with Gasteiger partial charge in [0.1, 0.15) is 0 Å². The van der Waals surface area contributed by atoms with Gasteiger partial charge in [0.2, 0.25) is 0 Å². The van der Waals surface area contributed by atoms with E-state index in [9.17, 15) is 0 Å². The van der Waals surface area contributed by atoms with Crippen LogP contribution < -0.4 is 9.80 Å². The number of hydrogen-bond acceptors (Lipinski definition) is 4. The zero-order chi connectivity index (χ0) is 34.0. The van der Waals surface area contributed by atoms with Gasteiger partial charge in [-0.1, -0.05) is 113 Å². The maximum absolute atomic E-state index is 4.93. The fraction of sp³-hybridized carbons (Fsp3) is 0.130. The summed E-state index contributed by atoms with van der Waals surface area (Å²) < 4.78 is 0. The minimum atomic E-state index is -0.230. The fourth-order valence-corrected chi connectivity index (χ4v) is 8.05. The third kappa shape index (κ3) is 4.59. The summed E-state index contributed by atoms with van der Waals surface area (Å²) in [6, 6.07) is 54.4. The van der Waals surface area contributed by atoms with E-state index in [0.717, 1.165) is 28.2 Å². The Morgan fingerprint density at radius 3 is 1.46 bits per heavy atom. The van der Waals surface area contributed by atoms with Crippen LogP contribution in [-0.2, 0) is 10.8 Å². The molecule has 0 saturated heterocycles. The van der Waals surface area contributed by atoms with Crippen molar-refractivity contribution in [3.05, 3.63) is 180 Å². The van der Waals surface area contributed by atoms with Crippen LogP contribution >= 0.6 is 0 Å². The predicted molar refractivity (Wildman–Crippen MR) is 207 cm³/mol. The lowest BCUT2D eigenvalue weighted by atomic mass is 9.69. The summed E-state index contributed by atoms with van der Waals surface area (Å²) in [4.78, 5) is 14.5. The van der Waals surface area contributed by atoms with E-state index in [-0.39, 0.29) is 10.8 Å². The smallest absolute Gasteiger partial charge is 0.159 e. The number of rotatable bonds is 4. The van der Waals surface area contributed by atoms with Gasteiger partial charge in [0, 0.05) is 39.5 Å². The summed E-state index contributed by atoms with van der Waals surface area (Å²) in [5.74, 6) is 0.717. The van der Waals surface area contributed by atoms with Crippen molar-refractivity contribution < 1.29 is 0 Å². The summed E-state index contributed by atoms with van der Waals surface area (Å²) in [5, 5.41) is 0. The van der Waals surface area contributed by atoms with Gasteiger partial charge in [0.05, 0.1) is 28.4 Å². The van der Waals surface area contributed by atoms with Crippen LogP contribution in [0.5, 0.6) is 0 Å². The molecule has 2 aliphatic heterocycles. The van der Waals surface area contributed by atoms with Crippen molar-refractivity contribution in [2.45, 2.75) is 38.5 Å². The molecule has 3 heterocycles. The molecule has 9 rings (SSSR count). The Kier molecular flexibility index (Phi) is 6.79. The lowest BCUT2D eigenvalue weighted by Crippen LogP contribution is -2.35. The van der Waals surface area contributed by atoms with E-state index in [1.54, 1.807) is 0 Å². The molecule has 50 heavy (non-hydrogen) atoms. The monoisotopic (exact) mass is 646 g/mol. The number of hydrogen-bond donors (Lipinski definition) is 0. The van der Waals surface area contributed by atoms with Crippen LogP contribution in [0.3, 0.4) is 0 Å². The van der Waals surface area contributed by atoms with Crippen LogP contribution in [0.25, 0.3) is 22.6 Å². The second kappa shape index (κ2) is 11.3. The first kappa shape index (κ1) is 30.1. The van der Waals surface area contributed by atoms with Crippen LogP contribution in [0.15, 0.2) is 158 Å². The van der Waals surface area contributed by atoms with E-state index in [4.69, 9.17) is 4.98 Å². The van der Waals surface area contributed by atoms with Gasteiger partial charge in [-0.15, -0.1) is 0 Å². The molecule has 4 heteroatoms. The Morgan fingerprint density at radius 1 is 0.420 bits per heavy atom. The lowest BCUT2D eigenvalue weighted by molar-refractivity contribution is 0.615. The van der Waals surface area contributed by atoms with Crippen LogP contribution in [0.4, 0.5) is 34.1 Å². The molecule has 4 nitrogen and oxygen atoms in total. The van der Waals surface area contributed by atoms with Crippen molar-refractivity contribution in [2.24, 2.45) is 0 Å². The normalized spacial score (nSPS) is 15.0. The summed E-state index contributed by atoms with van der Waals surface area (Å²) in [5.41, 5.74) is 14.9. The van der Waals surface area contributed by atoms with Crippen LogP contribution in [0.1, 0.15) is 49.9 Å². The standard InChI is InChI=1S/C46H38N4/c1-45(2)35-19-11-13-21-40(35)49(33-17-9-6-10-18-33)42-29-38-43(30-37(42)45)50(41-22-14-12-20-36(41)46(38,3)4)34-25-23-32(24-26-34)44-47-28-27-39(48-44)31-15-7-5-8-16-31/h5-30H,1-4H3.